The number of halogens is 2. The van der Waals surface area contributed by atoms with E-state index in [1.165, 1.54) is 5.69 Å². The fourth-order valence-electron chi connectivity index (χ4n) is 1.47. The van der Waals surface area contributed by atoms with Gasteiger partial charge in [-0.2, -0.15) is 5.10 Å². The fraction of sp³-hybridized carbons (Fsp3) is 0.571. The Labute approximate surface area is 89.7 Å². The van der Waals surface area contributed by atoms with Crippen molar-refractivity contribution in [3.63, 3.8) is 0 Å². The molecule has 0 saturated carbocycles. The first-order valence-corrected chi connectivity index (χ1v) is 3.84. The Hall–Kier alpha value is -0.450. The molecular formula is C7H14Cl2N4. The van der Waals surface area contributed by atoms with E-state index in [0.29, 0.717) is 11.9 Å². The van der Waals surface area contributed by atoms with Crippen LogP contribution < -0.4 is 11.1 Å². The highest BCUT2D eigenvalue weighted by atomic mass is 35.5. The van der Waals surface area contributed by atoms with Crippen molar-refractivity contribution < 1.29 is 0 Å². The molecule has 76 valence electrons. The van der Waals surface area contributed by atoms with Gasteiger partial charge in [0.15, 0.2) is 0 Å². The summed E-state index contributed by atoms with van der Waals surface area (Å²) in [5, 5.41) is 7.49. The van der Waals surface area contributed by atoms with Gasteiger partial charge in [-0.25, -0.2) is 0 Å². The molecule has 1 unspecified atom stereocenters. The number of hydrogen-bond donors (Lipinski definition) is 2. The van der Waals surface area contributed by atoms with Gasteiger partial charge >= 0.3 is 0 Å². The van der Waals surface area contributed by atoms with E-state index in [4.69, 9.17) is 5.73 Å². The predicted molar refractivity (Wildman–Crippen MR) is 57.6 cm³/mol. The molecule has 4 nitrogen and oxygen atoms in total. The van der Waals surface area contributed by atoms with Gasteiger partial charge in [0.25, 0.3) is 0 Å². The normalized spacial score (nSPS) is 19.6. The maximum absolute atomic E-state index is 5.56. The predicted octanol–water partition coefficient (Wildman–Crippen LogP) is 0.973. The average Bonchev–Trinajstić information content (AvgIpc) is 2.31. The summed E-state index contributed by atoms with van der Waals surface area (Å²) < 4.78 is 1.97. The molecule has 3 N–H and O–H groups in total. The highest BCUT2D eigenvalue weighted by Gasteiger charge is 2.16. The van der Waals surface area contributed by atoms with Gasteiger partial charge in [-0.1, -0.05) is 0 Å². The van der Waals surface area contributed by atoms with Crippen molar-refractivity contribution in [3.05, 3.63) is 11.8 Å². The molecule has 1 atom stereocenters. The van der Waals surface area contributed by atoms with Gasteiger partial charge in [-0.05, 0) is 6.92 Å². The van der Waals surface area contributed by atoms with Crippen LogP contribution >= 0.6 is 24.8 Å². The van der Waals surface area contributed by atoms with E-state index in [-0.39, 0.29) is 24.8 Å². The monoisotopic (exact) mass is 224 g/mol. The number of aromatic nitrogens is 2. The van der Waals surface area contributed by atoms with Crippen LogP contribution in [-0.4, -0.2) is 16.3 Å². The number of nitrogens with one attached hydrogen (secondary N) is 1. The van der Waals surface area contributed by atoms with E-state index < -0.39 is 0 Å². The lowest BCUT2D eigenvalue weighted by Crippen LogP contribution is -2.31. The molecule has 13 heavy (non-hydrogen) atoms. The second-order valence-corrected chi connectivity index (χ2v) is 2.89. The number of hydrogen-bond acceptors (Lipinski definition) is 3. The SMILES string of the molecule is CC1NCCn2nc(N)cc21.Cl.Cl. The maximum atomic E-state index is 5.56. The fourth-order valence-corrected chi connectivity index (χ4v) is 1.47. The van der Waals surface area contributed by atoms with Crippen LogP contribution in [0, 0.1) is 0 Å². The molecule has 0 saturated heterocycles. The molecule has 1 aromatic rings. The van der Waals surface area contributed by atoms with Gasteiger partial charge < -0.3 is 11.1 Å². The van der Waals surface area contributed by atoms with Crippen molar-refractivity contribution in [3.8, 4) is 0 Å². The summed E-state index contributed by atoms with van der Waals surface area (Å²) in [6.07, 6.45) is 0. The first-order valence-electron chi connectivity index (χ1n) is 3.84. The Kier molecular flexibility index (Phi) is 4.53. The molecule has 0 aromatic carbocycles. The van der Waals surface area contributed by atoms with E-state index in [2.05, 4.69) is 17.3 Å². The van der Waals surface area contributed by atoms with Gasteiger partial charge in [0.1, 0.15) is 5.82 Å². The van der Waals surface area contributed by atoms with Gasteiger partial charge in [-0.15, -0.1) is 24.8 Å². The minimum absolute atomic E-state index is 0. The van der Waals surface area contributed by atoms with Crippen molar-refractivity contribution in [2.24, 2.45) is 0 Å². The van der Waals surface area contributed by atoms with Crippen molar-refractivity contribution in [2.75, 3.05) is 12.3 Å². The summed E-state index contributed by atoms with van der Waals surface area (Å²) in [5.74, 6) is 0.621. The topological polar surface area (TPSA) is 55.9 Å². The minimum atomic E-state index is 0. The van der Waals surface area contributed by atoms with Crippen LogP contribution in [0.15, 0.2) is 6.07 Å². The Balaban J connectivity index is 0.000000720. The Morgan fingerprint density at radius 3 is 2.92 bits per heavy atom. The molecule has 2 heterocycles. The Bertz CT molecular complexity index is 273. The van der Waals surface area contributed by atoms with Crippen LogP contribution in [-0.2, 0) is 6.54 Å². The first kappa shape index (κ1) is 12.6. The molecule has 6 heteroatoms. The number of fused-ring (bicyclic) bond motifs is 1. The van der Waals surface area contributed by atoms with Crippen LogP contribution in [0.5, 0.6) is 0 Å². The van der Waals surface area contributed by atoms with Gasteiger partial charge in [0.05, 0.1) is 12.2 Å². The molecule has 1 aliphatic heterocycles. The summed E-state index contributed by atoms with van der Waals surface area (Å²) in [4.78, 5) is 0. The van der Waals surface area contributed by atoms with Crippen LogP contribution in [0.2, 0.25) is 0 Å². The third kappa shape index (κ3) is 2.27. The average molecular weight is 225 g/mol. The quantitative estimate of drug-likeness (QED) is 0.691. The zero-order chi connectivity index (χ0) is 7.84. The molecule has 0 radical (unpaired) electrons. The van der Waals surface area contributed by atoms with Crippen LogP contribution in [0.1, 0.15) is 18.7 Å². The van der Waals surface area contributed by atoms with Gasteiger partial charge in [-0.3, -0.25) is 4.68 Å². The molecule has 0 bridgehead atoms. The van der Waals surface area contributed by atoms with E-state index >= 15 is 0 Å². The van der Waals surface area contributed by atoms with Crippen LogP contribution in [0.3, 0.4) is 0 Å². The lowest BCUT2D eigenvalue weighted by Gasteiger charge is -2.21. The van der Waals surface area contributed by atoms with Crippen LogP contribution in [0.25, 0.3) is 0 Å². The van der Waals surface area contributed by atoms with E-state index in [1.54, 1.807) is 0 Å². The summed E-state index contributed by atoms with van der Waals surface area (Å²) in [5.41, 5.74) is 6.75. The summed E-state index contributed by atoms with van der Waals surface area (Å²) in [7, 11) is 0. The second kappa shape index (κ2) is 4.69. The Morgan fingerprint density at radius 2 is 2.31 bits per heavy atom. The molecule has 2 rings (SSSR count). The van der Waals surface area contributed by atoms with Crippen molar-refractivity contribution in [1.82, 2.24) is 15.1 Å². The lowest BCUT2D eigenvalue weighted by atomic mass is 10.2. The molecular weight excluding hydrogens is 211 g/mol. The van der Waals surface area contributed by atoms with Crippen molar-refractivity contribution in [1.29, 1.82) is 0 Å². The number of nitrogens with zero attached hydrogens (tertiary/aromatic N) is 2. The Morgan fingerprint density at radius 1 is 1.62 bits per heavy atom. The third-order valence-electron chi connectivity index (χ3n) is 2.05. The zero-order valence-corrected chi connectivity index (χ0v) is 8.99. The lowest BCUT2D eigenvalue weighted by molar-refractivity contribution is 0.420. The number of nitrogen functional groups attached to an aromatic ring is 1. The molecule has 0 amide bonds. The highest BCUT2D eigenvalue weighted by molar-refractivity contribution is 5.85. The first-order chi connectivity index (χ1) is 5.27. The van der Waals surface area contributed by atoms with Crippen LogP contribution in [0.4, 0.5) is 5.82 Å². The third-order valence-corrected chi connectivity index (χ3v) is 2.05. The minimum Gasteiger partial charge on any atom is -0.382 e. The highest BCUT2D eigenvalue weighted by Crippen LogP contribution is 2.17. The van der Waals surface area contributed by atoms with E-state index in [1.807, 2.05) is 10.7 Å². The second-order valence-electron chi connectivity index (χ2n) is 2.89. The molecule has 0 aliphatic carbocycles. The van der Waals surface area contributed by atoms with Gasteiger partial charge in [0.2, 0.25) is 0 Å². The van der Waals surface area contributed by atoms with E-state index in [9.17, 15) is 0 Å². The number of rotatable bonds is 0. The zero-order valence-electron chi connectivity index (χ0n) is 7.36. The van der Waals surface area contributed by atoms with Gasteiger partial charge in [0, 0.05) is 18.7 Å². The molecule has 1 aliphatic rings. The molecule has 1 aromatic heterocycles. The summed E-state index contributed by atoms with van der Waals surface area (Å²) in [6.45, 7) is 4.03. The van der Waals surface area contributed by atoms with Crippen molar-refractivity contribution >= 4 is 30.6 Å². The molecule has 0 fully saturated rings. The standard InChI is InChI=1S/C7H12N4.2ClH/c1-5-6-4-7(8)10-11(6)3-2-9-5;;/h4-5,9H,2-3H2,1H3,(H2,8,10);2*1H. The smallest absolute Gasteiger partial charge is 0.145 e. The number of nitrogens with two attached hydrogens (primary N) is 1. The van der Waals surface area contributed by atoms with Crippen molar-refractivity contribution in [2.45, 2.75) is 19.5 Å². The summed E-state index contributed by atoms with van der Waals surface area (Å²) >= 11 is 0. The maximum Gasteiger partial charge on any atom is 0.145 e. The molecule has 0 spiro atoms. The number of anilines is 1. The summed E-state index contributed by atoms with van der Waals surface area (Å²) in [6, 6.07) is 2.31. The largest absolute Gasteiger partial charge is 0.382 e. The van der Waals surface area contributed by atoms with E-state index in [0.717, 1.165) is 13.1 Å².